The highest BCUT2D eigenvalue weighted by molar-refractivity contribution is 5.76. The van der Waals surface area contributed by atoms with Crippen molar-refractivity contribution >= 4 is 11.0 Å². The molecule has 0 aliphatic rings. The Kier molecular flexibility index (Phi) is 5.86. The first-order valence-corrected chi connectivity index (χ1v) is 9.87. The minimum atomic E-state index is -0.753. The number of imidazole rings is 1. The maximum atomic E-state index is 10.6. The number of hydrogen-bond acceptors (Lipinski definition) is 4. The fraction of sp³-hybridized carbons (Fsp3) is 0.208. The number of hydrogen-bond donors (Lipinski definition) is 2. The monoisotopic (exact) mass is 403 g/mol. The second kappa shape index (κ2) is 8.88. The molecule has 30 heavy (non-hydrogen) atoms. The van der Waals surface area contributed by atoms with Crippen molar-refractivity contribution in [2.24, 2.45) is 0 Å². The van der Waals surface area contributed by atoms with E-state index >= 15 is 0 Å². The van der Waals surface area contributed by atoms with Crippen LogP contribution in [-0.2, 0) is 13.1 Å². The van der Waals surface area contributed by atoms with Gasteiger partial charge in [0.05, 0.1) is 31.2 Å². The van der Waals surface area contributed by atoms with Crippen LogP contribution in [0.25, 0.3) is 11.0 Å². The van der Waals surface area contributed by atoms with Crippen LogP contribution in [0.3, 0.4) is 0 Å². The summed E-state index contributed by atoms with van der Waals surface area (Å²) in [6.45, 7) is 1.01. The Bertz CT molecular complexity index is 1160. The average Bonchev–Trinajstić information content (AvgIpc) is 3.05. The van der Waals surface area contributed by atoms with Crippen LogP contribution in [0.15, 0.2) is 78.9 Å². The standard InChI is InChI=1S/C24H25N3O3/c1-29-20-11-13-21(14-12-20)30-17-19(28)16-27-23-10-6-5-9-22(23)26(24(27)25)15-18-7-3-2-4-8-18/h2-14,19,25,28H,15-17H2,1H3/t19-/m0/s1. The lowest BCUT2D eigenvalue weighted by Gasteiger charge is -2.14. The summed E-state index contributed by atoms with van der Waals surface area (Å²) in [5.74, 6) is 1.42. The summed E-state index contributed by atoms with van der Waals surface area (Å²) in [4.78, 5) is 0. The van der Waals surface area contributed by atoms with Gasteiger partial charge in [0.15, 0.2) is 0 Å². The smallest absolute Gasteiger partial charge is 0.203 e. The maximum absolute atomic E-state index is 10.6. The molecule has 1 aromatic heterocycles. The van der Waals surface area contributed by atoms with Gasteiger partial charge in [-0.1, -0.05) is 42.5 Å². The molecule has 4 aromatic rings. The molecule has 6 nitrogen and oxygen atoms in total. The molecule has 0 unspecified atom stereocenters. The number of para-hydroxylation sites is 2. The molecular formula is C24H25N3O3. The molecule has 0 amide bonds. The molecule has 0 aliphatic carbocycles. The summed E-state index contributed by atoms with van der Waals surface area (Å²) < 4.78 is 14.6. The van der Waals surface area contributed by atoms with Gasteiger partial charge in [-0.25, -0.2) is 0 Å². The number of aliphatic hydroxyl groups is 1. The zero-order valence-corrected chi connectivity index (χ0v) is 16.9. The molecule has 3 aromatic carbocycles. The largest absolute Gasteiger partial charge is 0.497 e. The van der Waals surface area contributed by atoms with Crippen LogP contribution in [0.4, 0.5) is 0 Å². The quantitative estimate of drug-likeness (QED) is 0.474. The van der Waals surface area contributed by atoms with Gasteiger partial charge in [-0.05, 0) is 42.0 Å². The minimum absolute atomic E-state index is 0.136. The normalized spacial score (nSPS) is 12.1. The highest BCUT2D eigenvalue weighted by Gasteiger charge is 2.15. The van der Waals surface area contributed by atoms with E-state index in [1.165, 1.54) is 0 Å². The van der Waals surface area contributed by atoms with E-state index in [4.69, 9.17) is 14.9 Å². The molecule has 6 heteroatoms. The van der Waals surface area contributed by atoms with Gasteiger partial charge < -0.3 is 23.7 Å². The zero-order valence-electron chi connectivity index (χ0n) is 16.9. The van der Waals surface area contributed by atoms with Crippen molar-refractivity contribution in [1.82, 2.24) is 9.13 Å². The lowest BCUT2D eigenvalue weighted by atomic mass is 10.2. The van der Waals surface area contributed by atoms with Gasteiger partial charge in [0.25, 0.3) is 0 Å². The molecule has 0 bridgehead atoms. The van der Waals surface area contributed by atoms with Gasteiger partial charge >= 0.3 is 0 Å². The number of aliphatic hydroxyl groups excluding tert-OH is 1. The molecule has 154 valence electrons. The maximum Gasteiger partial charge on any atom is 0.203 e. The van der Waals surface area contributed by atoms with Crippen LogP contribution in [0.1, 0.15) is 5.56 Å². The van der Waals surface area contributed by atoms with E-state index < -0.39 is 6.10 Å². The molecular weight excluding hydrogens is 378 g/mol. The van der Waals surface area contributed by atoms with E-state index in [0.29, 0.717) is 17.9 Å². The predicted molar refractivity (Wildman–Crippen MR) is 116 cm³/mol. The molecule has 1 atom stereocenters. The topological polar surface area (TPSA) is 72.4 Å². The summed E-state index contributed by atoms with van der Waals surface area (Å²) in [5, 5.41) is 19.3. The number of rotatable bonds is 8. The SMILES string of the molecule is COc1ccc(OC[C@@H](O)Cn2c(=N)n(Cc3ccccc3)c3ccccc32)cc1. The second-order valence-electron chi connectivity index (χ2n) is 7.14. The Morgan fingerprint density at radius 1 is 0.833 bits per heavy atom. The molecule has 0 radical (unpaired) electrons. The molecule has 0 fully saturated rings. The molecule has 0 spiro atoms. The second-order valence-corrected chi connectivity index (χ2v) is 7.14. The lowest BCUT2D eigenvalue weighted by molar-refractivity contribution is 0.0921. The summed E-state index contributed by atoms with van der Waals surface area (Å²) in [7, 11) is 1.61. The number of nitrogens with one attached hydrogen (secondary N) is 1. The van der Waals surface area contributed by atoms with Crippen LogP contribution >= 0.6 is 0 Å². The third kappa shape index (κ3) is 4.23. The van der Waals surface area contributed by atoms with Crippen molar-refractivity contribution in [2.75, 3.05) is 13.7 Å². The highest BCUT2D eigenvalue weighted by Crippen LogP contribution is 2.18. The number of benzene rings is 3. The first-order chi connectivity index (χ1) is 14.7. The van der Waals surface area contributed by atoms with Crippen molar-refractivity contribution in [3.05, 3.63) is 90.0 Å². The van der Waals surface area contributed by atoms with Crippen LogP contribution in [0.5, 0.6) is 11.5 Å². The summed E-state index contributed by atoms with van der Waals surface area (Å²) >= 11 is 0. The third-order valence-electron chi connectivity index (χ3n) is 5.05. The first-order valence-electron chi connectivity index (χ1n) is 9.87. The minimum Gasteiger partial charge on any atom is -0.497 e. The van der Waals surface area contributed by atoms with Gasteiger partial charge in [0, 0.05) is 0 Å². The molecule has 0 aliphatic heterocycles. The Hall–Kier alpha value is -3.51. The van der Waals surface area contributed by atoms with Crippen molar-refractivity contribution in [3.63, 3.8) is 0 Å². The van der Waals surface area contributed by atoms with Crippen LogP contribution < -0.4 is 15.1 Å². The Labute approximate surface area is 175 Å². The van der Waals surface area contributed by atoms with Gasteiger partial charge in [-0.3, -0.25) is 5.41 Å². The average molecular weight is 403 g/mol. The van der Waals surface area contributed by atoms with Gasteiger partial charge in [-0.2, -0.15) is 0 Å². The Morgan fingerprint density at radius 3 is 2.10 bits per heavy atom. The molecule has 2 N–H and O–H groups in total. The van der Waals surface area contributed by atoms with Crippen LogP contribution in [0.2, 0.25) is 0 Å². The summed E-state index contributed by atoms with van der Waals surface area (Å²) in [6, 6.07) is 25.2. The lowest BCUT2D eigenvalue weighted by Crippen LogP contribution is -2.31. The van der Waals surface area contributed by atoms with Crippen molar-refractivity contribution in [1.29, 1.82) is 5.41 Å². The van der Waals surface area contributed by atoms with Gasteiger partial charge in [0.2, 0.25) is 5.62 Å². The van der Waals surface area contributed by atoms with Crippen LogP contribution in [-0.4, -0.2) is 34.1 Å². The summed E-state index contributed by atoms with van der Waals surface area (Å²) in [5.41, 5.74) is 3.36. The third-order valence-corrected chi connectivity index (χ3v) is 5.05. The van der Waals surface area contributed by atoms with Crippen LogP contribution in [0, 0.1) is 5.41 Å². The number of methoxy groups -OCH3 is 1. The predicted octanol–water partition coefficient (Wildman–Crippen LogP) is 3.42. The fourth-order valence-corrected chi connectivity index (χ4v) is 3.53. The van der Waals surface area contributed by atoms with E-state index in [2.05, 4.69) is 12.1 Å². The van der Waals surface area contributed by atoms with E-state index in [0.717, 1.165) is 22.3 Å². The number of nitrogens with zero attached hydrogens (tertiary/aromatic N) is 2. The molecule has 4 rings (SSSR count). The molecule has 0 saturated carbocycles. The number of aromatic nitrogens is 2. The van der Waals surface area contributed by atoms with Gasteiger partial charge in [0.1, 0.15) is 24.2 Å². The molecule has 0 saturated heterocycles. The Balaban J connectivity index is 1.53. The zero-order chi connectivity index (χ0) is 20.9. The van der Waals surface area contributed by atoms with Gasteiger partial charge in [-0.15, -0.1) is 0 Å². The summed E-state index contributed by atoms with van der Waals surface area (Å²) in [6.07, 6.45) is -0.753. The number of fused-ring (bicyclic) bond motifs is 1. The highest BCUT2D eigenvalue weighted by atomic mass is 16.5. The van der Waals surface area contributed by atoms with E-state index in [1.807, 2.05) is 63.7 Å². The van der Waals surface area contributed by atoms with Crippen molar-refractivity contribution in [2.45, 2.75) is 19.2 Å². The van der Waals surface area contributed by atoms with E-state index in [1.54, 1.807) is 19.2 Å². The van der Waals surface area contributed by atoms with Crippen molar-refractivity contribution in [3.8, 4) is 11.5 Å². The molecule has 1 heterocycles. The van der Waals surface area contributed by atoms with Crippen molar-refractivity contribution < 1.29 is 14.6 Å². The first kappa shape index (κ1) is 19.8. The fourth-order valence-electron chi connectivity index (χ4n) is 3.53. The Morgan fingerprint density at radius 2 is 1.43 bits per heavy atom. The van der Waals surface area contributed by atoms with E-state index in [-0.39, 0.29) is 13.2 Å². The van der Waals surface area contributed by atoms with E-state index in [9.17, 15) is 5.11 Å². The number of ether oxygens (including phenoxy) is 2.